The third-order valence-electron chi connectivity index (χ3n) is 5.11. The minimum Gasteiger partial charge on any atom is -0.325 e. The maximum Gasteiger partial charge on any atom is 0.238 e. The zero-order valence-electron chi connectivity index (χ0n) is 17.8. The van der Waals surface area contributed by atoms with Gasteiger partial charge in [0.15, 0.2) is 5.17 Å². The molecular weight excluding hydrogens is 461 g/mol. The van der Waals surface area contributed by atoms with Crippen molar-refractivity contribution in [3.63, 3.8) is 0 Å². The van der Waals surface area contributed by atoms with Gasteiger partial charge in [-0.3, -0.25) is 14.5 Å². The zero-order chi connectivity index (χ0) is 23.4. The molecule has 3 aromatic carbocycles. The lowest BCUT2D eigenvalue weighted by atomic mass is 10.2. The zero-order valence-corrected chi connectivity index (χ0v) is 19.4. The molecule has 0 unspecified atom stereocenters. The van der Waals surface area contributed by atoms with Gasteiger partial charge in [-0.1, -0.05) is 59.8 Å². The Labute approximate surface area is 200 Å². The van der Waals surface area contributed by atoms with E-state index in [1.165, 1.54) is 36.0 Å². The van der Waals surface area contributed by atoms with Crippen molar-refractivity contribution in [1.82, 2.24) is 4.90 Å². The fraction of sp³-hybridized carbons (Fsp3) is 0.160. The SMILES string of the molecule is Cc1ccc(NC(=O)[C@@H]2CC(=O)N(Cc3ccccc3)C(=Nc3ccc(F)cc3)S2)cc1Cl. The number of amides is 2. The first-order valence-corrected chi connectivity index (χ1v) is 11.6. The van der Waals surface area contributed by atoms with E-state index in [4.69, 9.17) is 11.6 Å². The summed E-state index contributed by atoms with van der Waals surface area (Å²) in [6, 6.07) is 20.5. The molecule has 33 heavy (non-hydrogen) atoms. The summed E-state index contributed by atoms with van der Waals surface area (Å²) in [5.41, 5.74) is 2.90. The molecule has 1 heterocycles. The molecule has 1 aliphatic heterocycles. The van der Waals surface area contributed by atoms with Gasteiger partial charge >= 0.3 is 0 Å². The van der Waals surface area contributed by atoms with Gasteiger partial charge in [-0.05, 0) is 54.4 Å². The molecule has 8 heteroatoms. The third-order valence-corrected chi connectivity index (χ3v) is 6.70. The highest BCUT2D eigenvalue weighted by Gasteiger charge is 2.36. The van der Waals surface area contributed by atoms with Crippen molar-refractivity contribution < 1.29 is 14.0 Å². The fourth-order valence-corrected chi connectivity index (χ4v) is 4.56. The topological polar surface area (TPSA) is 61.8 Å². The van der Waals surface area contributed by atoms with Gasteiger partial charge in [0.2, 0.25) is 11.8 Å². The van der Waals surface area contributed by atoms with Crippen molar-refractivity contribution in [1.29, 1.82) is 0 Å². The molecule has 3 aromatic rings. The van der Waals surface area contributed by atoms with Gasteiger partial charge in [-0.25, -0.2) is 9.38 Å². The smallest absolute Gasteiger partial charge is 0.238 e. The van der Waals surface area contributed by atoms with Crippen LogP contribution in [0.25, 0.3) is 0 Å². The summed E-state index contributed by atoms with van der Waals surface area (Å²) in [4.78, 5) is 32.2. The number of nitrogens with zero attached hydrogens (tertiary/aromatic N) is 2. The molecule has 0 radical (unpaired) electrons. The van der Waals surface area contributed by atoms with Crippen LogP contribution in [-0.2, 0) is 16.1 Å². The molecule has 0 aliphatic carbocycles. The largest absolute Gasteiger partial charge is 0.325 e. The number of anilines is 1. The number of nitrogens with one attached hydrogen (secondary N) is 1. The van der Waals surface area contributed by atoms with Crippen LogP contribution in [0.4, 0.5) is 15.8 Å². The van der Waals surface area contributed by atoms with E-state index in [1.807, 2.05) is 43.3 Å². The van der Waals surface area contributed by atoms with E-state index in [-0.39, 0.29) is 24.1 Å². The molecule has 5 nitrogen and oxygen atoms in total. The average Bonchev–Trinajstić information content (AvgIpc) is 2.80. The first kappa shape index (κ1) is 23.0. The van der Waals surface area contributed by atoms with Crippen LogP contribution in [0.5, 0.6) is 0 Å². The number of carbonyl (C=O) groups is 2. The van der Waals surface area contributed by atoms with Crippen LogP contribution >= 0.6 is 23.4 Å². The number of hydrogen-bond donors (Lipinski definition) is 1. The number of aliphatic imine (C=N–C) groups is 1. The Morgan fingerprint density at radius 2 is 1.88 bits per heavy atom. The number of carbonyl (C=O) groups excluding carboxylic acids is 2. The van der Waals surface area contributed by atoms with Gasteiger partial charge in [0.1, 0.15) is 11.1 Å². The second kappa shape index (κ2) is 10.2. The van der Waals surface area contributed by atoms with Gasteiger partial charge in [0.05, 0.1) is 12.2 Å². The fourth-order valence-electron chi connectivity index (χ4n) is 3.28. The first-order chi connectivity index (χ1) is 15.9. The molecule has 1 fully saturated rings. The molecule has 1 aliphatic rings. The Morgan fingerprint density at radius 1 is 1.15 bits per heavy atom. The maximum absolute atomic E-state index is 13.3. The number of aryl methyl sites for hydroxylation is 1. The van der Waals surface area contributed by atoms with E-state index < -0.39 is 5.25 Å². The lowest BCUT2D eigenvalue weighted by Gasteiger charge is -2.32. The van der Waals surface area contributed by atoms with Crippen LogP contribution in [0.15, 0.2) is 77.8 Å². The number of amidine groups is 1. The summed E-state index contributed by atoms with van der Waals surface area (Å²) >= 11 is 7.38. The summed E-state index contributed by atoms with van der Waals surface area (Å²) in [5, 5.41) is 3.12. The molecule has 1 atom stereocenters. The van der Waals surface area contributed by atoms with Crippen molar-refractivity contribution in [3.8, 4) is 0 Å². The lowest BCUT2D eigenvalue weighted by Crippen LogP contribution is -2.44. The first-order valence-electron chi connectivity index (χ1n) is 10.3. The van der Waals surface area contributed by atoms with E-state index in [9.17, 15) is 14.0 Å². The van der Waals surface area contributed by atoms with E-state index in [1.54, 1.807) is 17.0 Å². The van der Waals surface area contributed by atoms with Crippen molar-refractivity contribution in [3.05, 3.63) is 94.8 Å². The molecule has 1 N–H and O–H groups in total. The van der Waals surface area contributed by atoms with Crippen molar-refractivity contribution in [2.75, 3.05) is 5.32 Å². The number of thioether (sulfide) groups is 1. The van der Waals surface area contributed by atoms with E-state index in [0.29, 0.717) is 28.1 Å². The average molecular weight is 482 g/mol. The molecule has 4 rings (SSSR count). The second-order valence-electron chi connectivity index (χ2n) is 7.60. The van der Waals surface area contributed by atoms with Gasteiger partial charge in [0, 0.05) is 17.1 Å². The molecule has 0 aromatic heterocycles. The Balaban J connectivity index is 1.59. The third kappa shape index (κ3) is 5.80. The van der Waals surface area contributed by atoms with Crippen LogP contribution in [0.3, 0.4) is 0 Å². The van der Waals surface area contributed by atoms with E-state index >= 15 is 0 Å². The van der Waals surface area contributed by atoms with E-state index in [0.717, 1.165) is 11.1 Å². The normalized spacial score (nSPS) is 17.3. The molecule has 168 valence electrons. The minimum atomic E-state index is -0.663. The summed E-state index contributed by atoms with van der Waals surface area (Å²) in [6.07, 6.45) is 0.0331. The summed E-state index contributed by atoms with van der Waals surface area (Å²) in [5.74, 6) is -0.888. The summed E-state index contributed by atoms with van der Waals surface area (Å²) in [7, 11) is 0. The highest BCUT2D eigenvalue weighted by molar-refractivity contribution is 8.15. The maximum atomic E-state index is 13.3. The Morgan fingerprint density at radius 3 is 2.58 bits per heavy atom. The van der Waals surface area contributed by atoms with Crippen LogP contribution < -0.4 is 5.32 Å². The van der Waals surface area contributed by atoms with Crippen LogP contribution in [0.2, 0.25) is 5.02 Å². The van der Waals surface area contributed by atoms with Crippen molar-refractivity contribution in [2.45, 2.75) is 25.1 Å². The number of benzene rings is 3. The minimum absolute atomic E-state index is 0.0331. The summed E-state index contributed by atoms with van der Waals surface area (Å²) < 4.78 is 13.3. The second-order valence-corrected chi connectivity index (χ2v) is 9.18. The molecule has 2 amide bonds. The Kier molecular flexibility index (Phi) is 7.11. The standard InChI is InChI=1S/C25H21ClFN3O2S/c1-16-7-10-20(13-21(16)26)28-24(32)22-14-23(31)30(15-17-5-3-2-4-6-17)25(33-22)29-19-11-8-18(27)9-12-19/h2-13,22H,14-15H2,1H3,(H,28,32)/t22-/m0/s1. The number of hydrogen-bond acceptors (Lipinski definition) is 4. The lowest BCUT2D eigenvalue weighted by molar-refractivity contribution is -0.129. The summed E-state index contributed by atoms with van der Waals surface area (Å²) in [6.45, 7) is 2.21. The van der Waals surface area contributed by atoms with Gasteiger partial charge in [0.25, 0.3) is 0 Å². The Hall–Kier alpha value is -3.16. The highest BCUT2D eigenvalue weighted by atomic mass is 35.5. The van der Waals surface area contributed by atoms with Gasteiger partial charge < -0.3 is 5.32 Å². The predicted molar refractivity (Wildman–Crippen MR) is 131 cm³/mol. The Bertz CT molecular complexity index is 1200. The van der Waals surface area contributed by atoms with Crippen LogP contribution in [0.1, 0.15) is 17.5 Å². The number of rotatable bonds is 5. The van der Waals surface area contributed by atoms with Gasteiger partial charge in [-0.2, -0.15) is 0 Å². The van der Waals surface area contributed by atoms with Crippen LogP contribution in [-0.4, -0.2) is 27.1 Å². The quantitative estimate of drug-likeness (QED) is 0.490. The van der Waals surface area contributed by atoms with Crippen molar-refractivity contribution >= 4 is 51.7 Å². The van der Waals surface area contributed by atoms with Crippen LogP contribution in [0, 0.1) is 12.7 Å². The molecule has 0 saturated carbocycles. The molecule has 0 spiro atoms. The van der Waals surface area contributed by atoms with E-state index in [2.05, 4.69) is 10.3 Å². The monoisotopic (exact) mass is 481 g/mol. The van der Waals surface area contributed by atoms with Crippen molar-refractivity contribution in [2.24, 2.45) is 4.99 Å². The molecule has 0 bridgehead atoms. The predicted octanol–water partition coefficient (Wildman–Crippen LogP) is 5.95. The molecular formula is C25H21ClFN3O2S. The highest BCUT2D eigenvalue weighted by Crippen LogP contribution is 2.31. The molecule has 1 saturated heterocycles. The van der Waals surface area contributed by atoms with Gasteiger partial charge in [-0.15, -0.1) is 0 Å². The number of halogens is 2.